The van der Waals surface area contributed by atoms with Gasteiger partial charge in [-0.3, -0.25) is 4.79 Å². The number of hydrogen-bond donors (Lipinski definition) is 0. The van der Waals surface area contributed by atoms with E-state index < -0.39 is 0 Å². The summed E-state index contributed by atoms with van der Waals surface area (Å²) in [6.07, 6.45) is 9.18. The molecule has 33 heavy (non-hydrogen) atoms. The highest BCUT2D eigenvalue weighted by Gasteiger charge is 2.30. The molecular weight excluding hydrogens is 400 g/mol. The van der Waals surface area contributed by atoms with E-state index in [0.29, 0.717) is 12.2 Å². The molecule has 0 bridgehead atoms. The number of hydrogen-bond acceptors (Lipinski definition) is 1. The molecule has 0 N–H and O–H groups in total. The number of carbonyl (C=O) groups excluding carboxylic acids is 1. The number of allylic oxidation sites excluding steroid dienone is 4. The fraction of sp³-hybridized carbons (Fsp3) is 0.281. The number of fused-ring (bicyclic) bond motifs is 1. The smallest absolute Gasteiger partial charge is 0.140 e. The maximum atomic E-state index is 13.4. The minimum Gasteiger partial charge on any atom is -0.299 e. The van der Waals surface area contributed by atoms with Crippen LogP contribution in [-0.4, -0.2) is 5.78 Å². The van der Waals surface area contributed by atoms with E-state index in [1.807, 2.05) is 0 Å². The monoisotopic (exact) mass is 432 g/mol. The molecule has 0 saturated carbocycles. The summed E-state index contributed by atoms with van der Waals surface area (Å²) in [5.41, 5.74) is 10.6. The molecule has 1 heteroatoms. The van der Waals surface area contributed by atoms with Gasteiger partial charge in [0.05, 0.1) is 0 Å². The van der Waals surface area contributed by atoms with Crippen molar-refractivity contribution in [1.82, 2.24) is 0 Å². The molecule has 0 aliphatic heterocycles. The van der Waals surface area contributed by atoms with Gasteiger partial charge >= 0.3 is 0 Å². The van der Waals surface area contributed by atoms with Crippen LogP contribution in [0.4, 0.5) is 0 Å². The average Bonchev–Trinajstić information content (AvgIpc) is 3.26. The summed E-state index contributed by atoms with van der Waals surface area (Å²) in [7, 11) is 0. The van der Waals surface area contributed by atoms with E-state index in [4.69, 9.17) is 0 Å². The average molecular weight is 433 g/mol. The Labute approximate surface area is 197 Å². The lowest BCUT2D eigenvalue weighted by Gasteiger charge is -2.26. The molecule has 3 aromatic rings. The lowest BCUT2D eigenvalue weighted by molar-refractivity contribution is -0.120. The molecule has 0 spiro atoms. The minimum absolute atomic E-state index is 0.0677. The maximum absolute atomic E-state index is 13.4. The Kier molecular flexibility index (Phi) is 6.13. The highest BCUT2D eigenvalue weighted by atomic mass is 16.1. The molecule has 5 rings (SSSR count). The molecule has 2 atom stereocenters. The normalized spacial score (nSPS) is 19.6. The van der Waals surface area contributed by atoms with Gasteiger partial charge in [0.2, 0.25) is 0 Å². The second kappa shape index (κ2) is 9.35. The van der Waals surface area contributed by atoms with Crippen LogP contribution in [0.1, 0.15) is 70.9 Å². The molecule has 0 fully saturated rings. The number of ketones is 1. The van der Waals surface area contributed by atoms with Crippen LogP contribution in [0.5, 0.6) is 0 Å². The molecule has 1 nitrogen and oxygen atoms in total. The molecular formula is C32H32O. The van der Waals surface area contributed by atoms with Crippen molar-refractivity contribution in [2.24, 2.45) is 0 Å². The Morgan fingerprint density at radius 2 is 1.67 bits per heavy atom. The van der Waals surface area contributed by atoms with Crippen molar-refractivity contribution in [2.75, 3.05) is 0 Å². The summed E-state index contributed by atoms with van der Waals surface area (Å²) in [4.78, 5) is 13.4. The third-order valence-electron chi connectivity index (χ3n) is 7.42. The van der Waals surface area contributed by atoms with Crippen LogP contribution in [-0.2, 0) is 11.2 Å². The lowest BCUT2D eigenvalue weighted by Crippen LogP contribution is -2.19. The first-order chi connectivity index (χ1) is 16.1. The van der Waals surface area contributed by atoms with Crippen molar-refractivity contribution in [1.29, 1.82) is 0 Å². The van der Waals surface area contributed by atoms with E-state index in [1.165, 1.54) is 44.5 Å². The quantitative estimate of drug-likeness (QED) is 0.387. The summed E-state index contributed by atoms with van der Waals surface area (Å²) >= 11 is 0. The van der Waals surface area contributed by atoms with Gasteiger partial charge in [-0.2, -0.15) is 0 Å². The lowest BCUT2D eigenvalue weighted by atomic mass is 9.77. The molecule has 3 aromatic carbocycles. The van der Waals surface area contributed by atoms with E-state index in [0.717, 1.165) is 25.7 Å². The third-order valence-corrected chi connectivity index (χ3v) is 7.42. The molecule has 166 valence electrons. The van der Waals surface area contributed by atoms with Crippen molar-refractivity contribution in [2.45, 2.75) is 57.8 Å². The van der Waals surface area contributed by atoms with Gasteiger partial charge in [-0.15, -0.1) is 0 Å². The number of rotatable bonds is 6. The van der Waals surface area contributed by atoms with Crippen LogP contribution < -0.4 is 0 Å². The van der Waals surface area contributed by atoms with Crippen LogP contribution in [0.2, 0.25) is 0 Å². The van der Waals surface area contributed by atoms with Gasteiger partial charge in [-0.25, -0.2) is 0 Å². The van der Waals surface area contributed by atoms with Gasteiger partial charge in [0.15, 0.2) is 0 Å². The van der Waals surface area contributed by atoms with Crippen molar-refractivity contribution >= 4 is 11.4 Å². The zero-order chi connectivity index (χ0) is 22.8. The van der Waals surface area contributed by atoms with Gasteiger partial charge in [0.25, 0.3) is 0 Å². The zero-order valence-corrected chi connectivity index (χ0v) is 19.7. The first-order valence-electron chi connectivity index (χ1n) is 12.3. The first-order valence-corrected chi connectivity index (χ1v) is 12.3. The van der Waals surface area contributed by atoms with Gasteiger partial charge in [-0.1, -0.05) is 96.1 Å². The predicted octanol–water partition coefficient (Wildman–Crippen LogP) is 7.88. The second-order valence-electron chi connectivity index (χ2n) is 9.63. The summed E-state index contributed by atoms with van der Waals surface area (Å²) in [5, 5.41) is 0. The molecule has 2 aliphatic carbocycles. The van der Waals surface area contributed by atoms with Crippen molar-refractivity contribution in [3.63, 3.8) is 0 Å². The first kappa shape index (κ1) is 21.6. The van der Waals surface area contributed by atoms with Crippen LogP contribution in [0.15, 0.2) is 90.5 Å². The number of carbonyl (C=O) groups is 1. The second-order valence-corrected chi connectivity index (χ2v) is 9.63. The fourth-order valence-corrected chi connectivity index (χ4v) is 5.76. The Morgan fingerprint density at radius 1 is 0.879 bits per heavy atom. The summed E-state index contributed by atoms with van der Waals surface area (Å²) in [6, 6.07) is 26.0. The summed E-state index contributed by atoms with van der Waals surface area (Å²) < 4.78 is 0. The number of Topliss-reactive ketones (excluding diaryl/α,β-unsaturated/α-hetero) is 1. The van der Waals surface area contributed by atoms with E-state index >= 15 is 0 Å². The fourth-order valence-electron chi connectivity index (χ4n) is 5.76. The van der Waals surface area contributed by atoms with Gasteiger partial charge in [0, 0.05) is 18.3 Å². The highest BCUT2D eigenvalue weighted by Crippen LogP contribution is 2.45. The highest BCUT2D eigenvalue weighted by molar-refractivity contribution is 5.87. The molecule has 0 heterocycles. The van der Waals surface area contributed by atoms with Crippen molar-refractivity contribution in [3.8, 4) is 0 Å². The van der Waals surface area contributed by atoms with Gasteiger partial charge < -0.3 is 0 Å². The van der Waals surface area contributed by atoms with E-state index in [2.05, 4.69) is 98.8 Å². The van der Waals surface area contributed by atoms with E-state index in [9.17, 15) is 4.79 Å². The van der Waals surface area contributed by atoms with Gasteiger partial charge in [-0.05, 0) is 72.9 Å². The molecule has 0 radical (unpaired) electrons. The Hall–Kier alpha value is -3.19. The topological polar surface area (TPSA) is 17.1 Å². The standard InChI is InChI=1S/C32H32O/c1-22-15-18-27(23(2)21-22)32-26(16-19-29(32)25-9-4-3-5-10-25)17-20-31(33)30-14-8-12-24-11-6-7-13-28(24)30/h3-7,9-11,13,15-16,18-19,21,30,32H,8,12,14,17,20H2,1-2H3. The number of benzene rings is 3. The summed E-state index contributed by atoms with van der Waals surface area (Å²) in [6.45, 7) is 4.36. The van der Waals surface area contributed by atoms with Crippen LogP contribution in [0.25, 0.3) is 5.57 Å². The van der Waals surface area contributed by atoms with Crippen LogP contribution in [0.3, 0.4) is 0 Å². The van der Waals surface area contributed by atoms with Crippen molar-refractivity contribution in [3.05, 3.63) is 124 Å². The van der Waals surface area contributed by atoms with Gasteiger partial charge in [0.1, 0.15) is 5.78 Å². The Morgan fingerprint density at radius 3 is 2.48 bits per heavy atom. The van der Waals surface area contributed by atoms with Crippen molar-refractivity contribution < 1.29 is 4.79 Å². The summed E-state index contributed by atoms with van der Waals surface area (Å²) in [5.74, 6) is 0.688. The zero-order valence-electron chi connectivity index (χ0n) is 19.7. The molecule has 0 saturated heterocycles. The number of aryl methyl sites for hydroxylation is 3. The maximum Gasteiger partial charge on any atom is 0.140 e. The Bertz CT molecular complexity index is 1230. The molecule has 2 aliphatic rings. The minimum atomic E-state index is 0.0677. The largest absolute Gasteiger partial charge is 0.299 e. The van der Waals surface area contributed by atoms with Crippen LogP contribution in [0, 0.1) is 13.8 Å². The third kappa shape index (κ3) is 4.37. The molecule has 2 unspecified atom stereocenters. The van der Waals surface area contributed by atoms with E-state index in [-0.39, 0.29) is 11.8 Å². The Balaban J connectivity index is 1.39. The predicted molar refractivity (Wildman–Crippen MR) is 138 cm³/mol. The SMILES string of the molecule is Cc1ccc(C2C(CCC(=O)C3CCCc4ccccc43)=CC=C2c2ccccc2)c(C)c1. The molecule has 0 aromatic heterocycles. The van der Waals surface area contributed by atoms with E-state index in [1.54, 1.807) is 0 Å². The van der Waals surface area contributed by atoms with Crippen LogP contribution >= 0.6 is 0 Å². The molecule has 0 amide bonds.